The largest absolute Gasteiger partial charge is 0.472 e. The van der Waals surface area contributed by atoms with E-state index in [9.17, 15) is 48.4 Å². The Labute approximate surface area is 362 Å². The van der Waals surface area contributed by atoms with Crippen molar-refractivity contribution >= 4 is 61.9 Å². The maximum atomic E-state index is 14.2. The number of nitrogens with two attached hydrogens (primary N) is 2. The van der Waals surface area contributed by atoms with Gasteiger partial charge in [0.1, 0.15) is 54.2 Å². The molecule has 5 heterocycles. The predicted octanol–water partition coefficient (Wildman–Crippen LogP) is 0.367. The molecule has 2 aliphatic rings. The van der Waals surface area contributed by atoms with Crippen molar-refractivity contribution < 1.29 is 71.4 Å². The number of nitrogens with zero attached hydrogens (tertiary/aromatic N) is 7. The van der Waals surface area contributed by atoms with Crippen LogP contribution in [0.15, 0.2) is 66.6 Å². The smallest absolute Gasteiger partial charge is 0.455 e. The molecule has 2 aliphatic heterocycles. The van der Waals surface area contributed by atoms with Crippen molar-refractivity contribution in [3.05, 3.63) is 82.9 Å². The van der Waals surface area contributed by atoms with Crippen LogP contribution in [0.4, 0.5) is 11.6 Å². The van der Waals surface area contributed by atoms with Crippen molar-refractivity contribution in [1.82, 2.24) is 34.0 Å². The molecule has 28 heteroatoms. The normalized spacial score (nSPS) is 25.1. The van der Waals surface area contributed by atoms with Gasteiger partial charge in [-0.05, 0) is 43.0 Å². The average Bonchev–Trinajstić information content (AvgIpc) is 3.89. The number of aryl methyl sites for hydroxylation is 1. The van der Waals surface area contributed by atoms with Crippen LogP contribution in [-0.4, -0.2) is 134 Å². The number of hydrogen-bond donors (Lipinski definition) is 7. The van der Waals surface area contributed by atoms with E-state index in [-0.39, 0.29) is 42.1 Å². The standard InChI is InChI=1S/C35H44ClN9O16P2/c1-3-4-5-24(46)43(2)20(11-8-18-6-9-19(36)10-7-18)34(49)60-28-21(58-33(26(28)47)45-17-41-25-30(38)39-16-40-31(25)45)15-57-63(54,55)61-29-22(14-56-62(51,52)53)59-32(27(29)48)44-13-12-23(37)42-35(44)50/h3,6-7,9-10,12-13,16-17,20-22,26-29,32-33,47-48H,1,4-5,8,11,14-15H2,2H3,(H,54,55)(H2,37,42,50)(H2,38,39,40)(H2,51,52,53)/t20-,21+,22+,26+,27+,28+,29+,32+,33+/m0/s1. The zero-order valence-corrected chi connectivity index (χ0v) is 35.7. The number of phosphoric acid groups is 2. The summed E-state index contributed by atoms with van der Waals surface area (Å²) in [5.41, 5.74) is 11.5. The molecule has 0 radical (unpaired) electrons. The Balaban J connectivity index is 1.26. The number of phosphoric ester groups is 2. The number of benzene rings is 1. The van der Waals surface area contributed by atoms with Gasteiger partial charge in [-0.1, -0.05) is 29.8 Å². The Bertz CT molecular complexity index is 2440. The molecule has 6 rings (SSSR count). The molecule has 1 amide bonds. The zero-order chi connectivity index (χ0) is 45.8. The summed E-state index contributed by atoms with van der Waals surface area (Å²) in [6.07, 6.45) is -8.24. The van der Waals surface area contributed by atoms with Crippen molar-refractivity contribution in [3.8, 4) is 0 Å². The maximum absolute atomic E-state index is 14.2. The van der Waals surface area contributed by atoms with Crippen LogP contribution in [0.1, 0.15) is 37.3 Å². The molecule has 10 atom stereocenters. The molecule has 1 unspecified atom stereocenters. The molecule has 4 aromatic rings. The van der Waals surface area contributed by atoms with Gasteiger partial charge in [0.25, 0.3) is 0 Å². The minimum absolute atomic E-state index is 0.0116. The number of carbonyl (C=O) groups is 2. The Hall–Kier alpha value is -4.72. The van der Waals surface area contributed by atoms with Gasteiger partial charge in [-0.25, -0.2) is 33.7 Å². The molecule has 0 spiro atoms. The lowest BCUT2D eigenvalue weighted by Crippen LogP contribution is -2.47. The number of allylic oxidation sites excluding steroid dienone is 1. The van der Waals surface area contributed by atoms with Crippen molar-refractivity contribution in [2.24, 2.45) is 0 Å². The summed E-state index contributed by atoms with van der Waals surface area (Å²) in [6.45, 7) is 1.65. The van der Waals surface area contributed by atoms with Crippen LogP contribution in [0.25, 0.3) is 11.2 Å². The molecular weight excluding hydrogens is 900 g/mol. The summed E-state index contributed by atoms with van der Waals surface area (Å²) in [5, 5.41) is 23.4. The Morgan fingerprint density at radius 2 is 1.63 bits per heavy atom. The third-order valence-corrected chi connectivity index (χ3v) is 11.8. The second-order valence-electron chi connectivity index (χ2n) is 14.3. The highest BCUT2D eigenvalue weighted by atomic mass is 35.5. The average molecular weight is 944 g/mol. The van der Waals surface area contributed by atoms with Crippen LogP contribution in [0.3, 0.4) is 0 Å². The lowest BCUT2D eigenvalue weighted by atomic mass is 10.0. The highest BCUT2D eigenvalue weighted by Gasteiger charge is 2.52. The van der Waals surface area contributed by atoms with Gasteiger partial charge in [-0.2, -0.15) is 4.98 Å². The lowest BCUT2D eigenvalue weighted by Gasteiger charge is -2.30. The van der Waals surface area contributed by atoms with E-state index in [2.05, 4.69) is 31.0 Å². The molecule has 342 valence electrons. The van der Waals surface area contributed by atoms with Crippen molar-refractivity contribution in [2.45, 2.75) is 80.8 Å². The van der Waals surface area contributed by atoms with Gasteiger partial charge in [-0.3, -0.25) is 27.5 Å². The highest BCUT2D eigenvalue weighted by Crippen LogP contribution is 2.50. The van der Waals surface area contributed by atoms with E-state index < -0.39 is 102 Å². The molecule has 0 bridgehead atoms. The number of ether oxygens (including phenoxy) is 3. The van der Waals surface area contributed by atoms with E-state index in [1.807, 2.05) is 0 Å². The molecule has 2 fully saturated rings. The quantitative estimate of drug-likeness (QED) is 0.0379. The second-order valence-corrected chi connectivity index (χ2v) is 17.4. The summed E-state index contributed by atoms with van der Waals surface area (Å²) in [4.78, 5) is 86.6. The van der Waals surface area contributed by atoms with Crippen LogP contribution in [-0.2, 0) is 52.9 Å². The van der Waals surface area contributed by atoms with Crippen LogP contribution in [0, 0.1) is 0 Å². The van der Waals surface area contributed by atoms with Gasteiger partial charge in [0.2, 0.25) is 5.91 Å². The highest BCUT2D eigenvalue weighted by molar-refractivity contribution is 7.47. The molecule has 2 saturated heterocycles. The number of hydrogen-bond acceptors (Lipinski definition) is 19. The Kier molecular flexibility index (Phi) is 15.1. The van der Waals surface area contributed by atoms with Crippen LogP contribution < -0.4 is 17.2 Å². The Morgan fingerprint density at radius 1 is 0.984 bits per heavy atom. The van der Waals surface area contributed by atoms with Gasteiger partial charge in [0, 0.05) is 24.7 Å². The number of esters is 1. The summed E-state index contributed by atoms with van der Waals surface area (Å²) in [6, 6.07) is 6.76. The van der Waals surface area contributed by atoms with Crippen LogP contribution in [0.5, 0.6) is 0 Å². The molecule has 25 nitrogen and oxygen atoms in total. The van der Waals surface area contributed by atoms with E-state index >= 15 is 0 Å². The number of aromatic nitrogens is 6. The van der Waals surface area contributed by atoms with Gasteiger partial charge in [0.15, 0.2) is 30.0 Å². The topological polar surface area (TPSA) is 359 Å². The minimum Gasteiger partial charge on any atom is -0.455 e. The number of carbonyl (C=O) groups excluding carboxylic acids is 2. The number of rotatable bonds is 19. The molecule has 0 aliphatic carbocycles. The minimum atomic E-state index is -5.43. The summed E-state index contributed by atoms with van der Waals surface area (Å²) in [5.74, 6) is -1.60. The van der Waals surface area contributed by atoms with Crippen molar-refractivity contribution in [3.63, 3.8) is 0 Å². The fourth-order valence-corrected chi connectivity index (χ4v) is 8.28. The number of imidazole rings is 1. The van der Waals surface area contributed by atoms with Gasteiger partial charge < -0.3 is 55.5 Å². The number of amides is 1. The number of likely N-dealkylation sites (N-methyl/N-ethyl adjacent to an activating group) is 1. The molecule has 1 aromatic carbocycles. The summed E-state index contributed by atoms with van der Waals surface area (Å²) in [7, 11) is -9.19. The van der Waals surface area contributed by atoms with E-state index in [1.165, 1.54) is 28.9 Å². The SMILES string of the molecule is C=CCCC(=O)N(C)[C@@H](CCc1ccc(Cl)cc1)C(=O)O[C@H]1[C@@H](O)[C@H](n2cnc3c(N)ncnc32)O[C@@H]1COP(=O)(O)O[C@H]1[C@@H](O)[C@H](n2ccc(N)nc2=O)O[C@@H]1COP(=O)(O)O. The molecule has 0 saturated carbocycles. The zero-order valence-electron chi connectivity index (χ0n) is 33.1. The van der Waals surface area contributed by atoms with Crippen molar-refractivity contribution in [2.75, 3.05) is 31.7 Å². The molecule has 9 N–H and O–H groups in total. The van der Waals surface area contributed by atoms with E-state index in [0.717, 1.165) is 22.7 Å². The van der Waals surface area contributed by atoms with E-state index in [1.54, 1.807) is 30.3 Å². The van der Waals surface area contributed by atoms with Crippen LogP contribution in [0.2, 0.25) is 5.02 Å². The van der Waals surface area contributed by atoms with E-state index in [4.69, 9.17) is 46.3 Å². The first-order valence-corrected chi connectivity index (χ1v) is 22.3. The van der Waals surface area contributed by atoms with Gasteiger partial charge in [0.05, 0.1) is 19.5 Å². The number of halogens is 1. The van der Waals surface area contributed by atoms with Gasteiger partial charge in [-0.15, -0.1) is 6.58 Å². The van der Waals surface area contributed by atoms with Crippen molar-refractivity contribution in [1.29, 1.82) is 0 Å². The monoisotopic (exact) mass is 943 g/mol. The number of aliphatic hydroxyl groups excluding tert-OH is 2. The predicted molar refractivity (Wildman–Crippen MR) is 217 cm³/mol. The Morgan fingerprint density at radius 3 is 2.30 bits per heavy atom. The first-order valence-electron chi connectivity index (χ1n) is 18.9. The van der Waals surface area contributed by atoms with E-state index in [0.29, 0.717) is 11.4 Å². The summed E-state index contributed by atoms with van der Waals surface area (Å²) >= 11 is 6.05. The molecule has 63 heavy (non-hydrogen) atoms. The molecular formula is C35H44ClN9O16P2. The molecule has 3 aromatic heterocycles. The maximum Gasteiger partial charge on any atom is 0.472 e. The number of nitrogen functional groups attached to an aromatic ring is 2. The first kappa shape index (κ1) is 47.8. The number of aliphatic hydroxyl groups is 2. The second kappa shape index (κ2) is 20.0. The first-order chi connectivity index (χ1) is 29.8. The fraction of sp³-hybridized carbons (Fsp3) is 0.457. The van der Waals surface area contributed by atoms with Gasteiger partial charge >= 0.3 is 27.3 Å². The fourth-order valence-electron chi connectivity index (χ4n) is 6.85. The number of fused-ring (bicyclic) bond motifs is 1. The lowest BCUT2D eigenvalue weighted by molar-refractivity contribution is -0.165. The third-order valence-electron chi connectivity index (χ3n) is 10.0. The number of anilines is 2. The summed E-state index contributed by atoms with van der Waals surface area (Å²) < 4.78 is 59.8. The van der Waals surface area contributed by atoms with Crippen LogP contribution >= 0.6 is 27.2 Å². The third kappa shape index (κ3) is 11.5.